The molecule has 2 rings (SSSR count). The molecule has 98 valence electrons. The predicted molar refractivity (Wildman–Crippen MR) is 69.4 cm³/mol. The number of rotatable bonds is 2. The maximum atomic E-state index is 11.8. The summed E-state index contributed by atoms with van der Waals surface area (Å²) in [6, 6.07) is 4.87. The maximum absolute atomic E-state index is 11.8. The van der Waals surface area contributed by atoms with E-state index >= 15 is 0 Å². The normalized spacial score (nSPS) is 18.4. The van der Waals surface area contributed by atoms with Crippen molar-refractivity contribution in [3.8, 4) is 0 Å². The van der Waals surface area contributed by atoms with Crippen LogP contribution in [0.15, 0.2) is 18.2 Å². The van der Waals surface area contributed by atoms with Crippen molar-refractivity contribution in [3.05, 3.63) is 23.9 Å². The molecule has 1 aliphatic heterocycles. The molecular weight excluding hydrogens is 256 g/mol. The van der Waals surface area contributed by atoms with Gasteiger partial charge in [-0.05, 0) is 18.6 Å². The fraction of sp³-hybridized carbons (Fsp3) is 0.364. The highest BCUT2D eigenvalue weighted by molar-refractivity contribution is 5.93. The molecule has 0 aromatic carbocycles. The lowest BCUT2D eigenvalue weighted by Gasteiger charge is -2.23. The second-order valence-corrected chi connectivity index (χ2v) is 3.96. The summed E-state index contributed by atoms with van der Waals surface area (Å²) in [6.45, 7) is 0.465. The van der Waals surface area contributed by atoms with Gasteiger partial charge in [0.25, 0.3) is 5.91 Å². The van der Waals surface area contributed by atoms with E-state index in [1.54, 1.807) is 18.2 Å². The number of carbonyl (C=O) groups excluding carboxylic acids is 2. The van der Waals surface area contributed by atoms with E-state index in [-0.39, 0.29) is 30.3 Å². The molecule has 18 heavy (non-hydrogen) atoms. The van der Waals surface area contributed by atoms with Gasteiger partial charge < -0.3 is 16.4 Å². The van der Waals surface area contributed by atoms with Gasteiger partial charge in [0.1, 0.15) is 11.5 Å². The molecular formula is C11H15ClN4O2. The number of hydrogen-bond acceptors (Lipinski definition) is 4. The van der Waals surface area contributed by atoms with Gasteiger partial charge in [0, 0.05) is 19.0 Å². The van der Waals surface area contributed by atoms with E-state index in [9.17, 15) is 9.59 Å². The minimum Gasteiger partial charge on any atom is -0.384 e. The molecule has 2 heterocycles. The van der Waals surface area contributed by atoms with Crippen molar-refractivity contribution in [3.63, 3.8) is 0 Å². The van der Waals surface area contributed by atoms with Gasteiger partial charge in [-0.1, -0.05) is 6.07 Å². The molecule has 4 N–H and O–H groups in total. The molecule has 0 radical (unpaired) electrons. The average Bonchev–Trinajstić information content (AvgIpc) is 2.32. The predicted octanol–water partition coefficient (Wildman–Crippen LogP) is 0.0940. The first-order chi connectivity index (χ1) is 8.15. The number of nitrogens with one attached hydrogen (secondary N) is 2. The van der Waals surface area contributed by atoms with Gasteiger partial charge in [-0.2, -0.15) is 0 Å². The van der Waals surface area contributed by atoms with Crippen molar-refractivity contribution in [2.24, 2.45) is 0 Å². The molecule has 7 heteroatoms. The van der Waals surface area contributed by atoms with E-state index in [2.05, 4.69) is 15.6 Å². The fourth-order valence-electron chi connectivity index (χ4n) is 1.69. The molecule has 1 unspecified atom stereocenters. The number of pyridine rings is 1. The monoisotopic (exact) mass is 270 g/mol. The van der Waals surface area contributed by atoms with E-state index in [1.807, 2.05) is 0 Å². The smallest absolute Gasteiger partial charge is 0.270 e. The highest BCUT2D eigenvalue weighted by atomic mass is 35.5. The number of aromatic nitrogens is 1. The van der Waals surface area contributed by atoms with Crippen LogP contribution in [-0.4, -0.2) is 29.4 Å². The summed E-state index contributed by atoms with van der Waals surface area (Å²) in [7, 11) is 0. The van der Waals surface area contributed by atoms with Crippen LogP contribution in [0.25, 0.3) is 0 Å². The van der Waals surface area contributed by atoms with Crippen LogP contribution in [0.3, 0.4) is 0 Å². The van der Waals surface area contributed by atoms with E-state index in [4.69, 9.17) is 5.73 Å². The van der Waals surface area contributed by atoms with E-state index in [1.165, 1.54) is 0 Å². The molecule has 1 atom stereocenters. The Morgan fingerprint density at radius 1 is 1.50 bits per heavy atom. The van der Waals surface area contributed by atoms with E-state index in [0.29, 0.717) is 30.9 Å². The van der Waals surface area contributed by atoms with Crippen LogP contribution >= 0.6 is 12.4 Å². The second kappa shape index (κ2) is 6.20. The summed E-state index contributed by atoms with van der Waals surface area (Å²) < 4.78 is 0. The Morgan fingerprint density at radius 2 is 2.28 bits per heavy atom. The van der Waals surface area contributed by atoms with E-state index < -0.39 is 0 Å². The van der Waals surface area contributed by atoms with Crippen molar-refractivity contribution in [2.75, 3.05) is 12.3 Å². The topological polar surface area (TPSA) is 97.1 Å². The number of carbonyl (C=O) groups is 2. The zero-order valence-electron chi connectivity index (χ0n) is 9.68. The number of hydrogen-bond donors (Lipinski definition) is 3. The number of halogens is 1. The van der Waals surface area contributed by atoms with Crippen molar-refractivity contribution < 1.29 is 9.59 Å². The molecule has 1 fully saturated rings. The summed E-state index contributed by atoms with van der Waals surface area (Å²) in [5.74, 6) is 0.0747. The van der Waals surface area contributed by atoms with Crippen LogP contribution in [0.1, 0.15) is 23.3 Å². The lowest BCUT2D eigenvalue weighted by molar-refractivity contribution is -0.122. The highest BCUT2D eigenvalue weighted by Gasteiger charge is 2.20. The fourth-order valence-corrected chi connectivity index (χ4v) is 1.69. The van der Waals surface area contributed by atoms with Crippen molar-refractivity contribution in [1.29, 1.82) is 0 Å². The molecule has 0 bridgehead atoms. The third kappa shape index (κ3) is 3.59. The lowest BCUT2D eigenvalue weighted by Crippen LogP contribution is -2.47. The molecule has 1 aromatic rings. The summed E-state index contributed by atoms with van der Waals surface area (Å²) in [6.07, 6.45) is 1.09. The van der Waals surface area contributed by atoms with Crippen molar-refractivity contribution >= 4 is 30.0 Å². The summed E-state index contributed by atoms with van der Waals surface area (Å²) in [5, 5.41) is 5.51. The number of nitrogens with zero attached hydrogens (tertiary/aromatic N) is 1. The third-order valence-corrected chi connectivity index (χ3v) is 2.60. The maximum Gasteiger partial charge on any atom is 0.270 e. The number of nitrogen functional groups attached to an aromatic ring is 1. The van der Waals surface area contributed by atoms with Crippen molar-refractivity contribution in [1.82, 2.24) is 15.6 Å². The highest BCUT2D eigenvalue weighted by Crippen LogP contribution is 2.05. The SMILES string of the molecule is Cl.Nc1cccc(C(=O)NC2CCC(=O)NC2)n1. The van der Waals surface area contributed by atoms with Crippen LogP contribution in [0, 0.1) is 0 Å². The first-order valence-corrected chi connectivity index (χ1v) is 5.45. The van der Waals surface area contributed by atoms with Gasteiger partial charge in [0.15, 0.2) is 0 Å². The quantitative estimate of drug-likeness (QED) is 0.710. The average molecular weight is 271 g/mol. The van der Waals surface area contributed by atoms with Crippen molar-refractivity contribution in [2.45, 2.75) is 18.9 Å². The molecule has 2 amide bonds. The zero-order chi connectivity index (χ0) is 12.3. The Bertz CT molecular complexity index is 442. The van der Waals surface area contributed by atoms with Gasteiger partial charge in [-0.3, -0.25) is 9.59 Å². The second-order valence-electron chi connectivity index (χ2n) is 3.96. The number of piperidine rings is 1. The molecule has 0 saturated carbocycles. The summed E-state index contributed by atoms with van der Waals surface area (Å²) in [4.78, 5) is 26.7. The molecule has 6 nitrogen and oxygen atoms in total. The molecule has 1 saturated heterocycles. The van der Waals surface area contributed by atoms with Crippen LogP contribution in [0.4, 0.5) is 5.82 Å². The van der Waals surface area contributed by atoms with Gasteiger partial charge in [-0.25, -0.2) is 4.98 Å². The van der Waals surface area contributed by atoms with Gasteiger partial charge in [0.2, 0.25) is 5.91 Å². The Kier molecular flexibility index (Phi) is 4.91. The minimum atomic E-state index is -0.265. The number of nitrogens with two attached hydrogens (primary N) is 1. The minimum absolute atomic E-state index is 0. The van der Waals surface area contributed by atoms with Crippen LogP contribution in [0.5, 0.6) is 0 Å². The first kappa shape index (κ1) is 14.2. The molecule has 0 aliphatic carbocycles. The largest absolute Gasteiger partial charge is 0.384 e. The Labute approximate surface area is 111 Å². The third-order valence-electron chi connectivity index (χ3n) is 2.60. The summed E-state index contributed by atoms with van der Waals surface area (Å²) >= 11 is 0. The molecule has 1 aromatic heterocycles. The lowest BCUT2D eigenvalue weighted by atomic mass is 10.1. The van der Waals surface area contributed by atoms with Gasteiger partial charge in [0.05, 0.1) is 0 Å². The first-order valence-electron chi connectivity index (χ1n) is 5.45. The molecule has 0 spiro atoms. The van der Waals surface area contributed by atoms with Crippen LogP contribution < -0.4 is 16.4 Å². The summed E-state index contributed by atoms with van der Waals surface area (Å²) in [5.41, 5.74) is 5.79. The number of amides is 2. The Hall–Kier alpha value is -1.82. The molecule has 1 aliphatic rings. The Balaban J connectivity index is 0.00000162. The Morgan fingerprint density at radius 3 is 2.89 bits per heavy atom. The van der Waals surface area contributed by atoms with Gasteiger partial charge in [-0.15, -0.1) is 12.4 Å². The van der Waals surface area contributed by atoms with Crippen LogP contribution in [0.2, 0.25) is 0 Å². The van der Waals surface area contributed by atoms with Crippen LogP contribution in [-0.2, 0) is 4.79 Å². The zero-order valence-corrected chi connectivity index (χ0v) is 10.5. The number of anilines is 1. The van der Waals surface area contributed by atoms with Gasteiger partial charge >= 0.3 is 0 Å². The van der Waals surface area contributed by atoms with E-state index in [0.717, 1.165) is 0 Å². The standard InChI is InChI=1S/C11H14N4O2.ClH/c12-9-3-1-2-8(15-9)11(17)14-7-4-5-10(16)13-6-7;/h1-3,7H,4-6H2,(H2,12,15)(H,13,16)(H,14,17);1H.